The van der Waals surface area contributed by atoms with E-state index in [9.17, 15) is 4.39 Å². The van der Waals surface area contributed by atoms with Gasteiger partial charge in [0.1, 0.15) is 5.82 Å². The zero-order valence-electron chi connectivity index (χ0n) is 12.0. The molecule has 0 unspecified atom stereocenters. The Bertz CT molecular complexity index is 606. The largest absolute Gasteiger partial charge is 0.306 e. The summed E-state index contributed by atoms with van der Waals surface area (Å²) in [5, 5.41) is 0.694. The highest BCUT2D eigenvalue weighted by molar-refractivity contribution is 6.30. The summed E-state index contributed by atoms with van der Waals surface area (Å²) in [6, 6.07) is 14.2. The third-order valence-corrected chi connectivity index (χ3v) is 3.20. The third-order valence-electron chi connectivity index (χ3n) is 2.95. The van der Waals surface area contributed by atoms with Crippen molar-refractivity contribution in [2.45, 2.75) is 0 Å². The van der Waals surface area contributed by atoms with E-state index >= 15 is 0 Å². The molecule has 0 heterocycles. The zero-order chi connectivity index (χ0) is 14.5. The molecular formula is C17H18Cl2FN. The Morgan fingerprint density at radius 2 is 1.76 bits per heavy atom. The molecule has 0 amide bonds. The Morgan fingerprint density at radius 3 is 2.33 bits per heavy atom. The monoisotopic (exact) mass is 325 g/mol. The lowest BCUT2D eigenvalue weighted by molar-refractivity contribution is 0.457. The molecule has 1 nitrogen and oxygen atoms in total. The van der Waals surface area contributed by atoms with Crippen LogP contribution in [0, 0.1) is 5.82 Å². The van der Waals surface area contributed by atoms with Crippen LogP contribution in [0.1, 0.15) is 11.1 Å². The van der Waals surface area contributed by atoms with Gasteiger partial charge >= 0.3 is 0 Å². The Hall–Kier alpha value is -1.35. The van der Waals surface area contributed by atoms with Crippen LogP contribution >= 0.6 is 24.0 Å². The average molecular weight is 326 g/mol. The minimum Gasteiger partial charge on any atom is -0.306 e. The van der Waals surface area contributed by atoms with Crippen molar-refractivity contribution in [3.8, 4) is 0 Å². The summed E-state index contributed by atoms with van der Waals surface area (Å²) < 4.78 is 13.4. The molecule has 2 rings (SSSR count). The van der Waals surface area contributed by atoms with Gasteiger partial charge in [-0.25, -0.2) is 4.39 Å². The minimum atomic E-state index is -0.229. The van der Waals surface area contributed by atoms with Gasteiger partial charge in [-0.05, 0) is 55.1 Å². The molecule has 0 fully saturated rings. The van der Waals surface area contributed by atoms with Crippen LogP contribution in [-0.2, 0) is 0 Å². The Balaban J connectivity index is 0.00000220. The smallest absolute Gasteiger partial charge is 0.123 e. The second-order valence-corrected chi connectivity index (χ2v) is 5.33. The van der Waals surface area contributed by atoms with Gasteiger partial charge in [0.15, 0.2) is 0 Å². The van der Waals surface area contributed by atoms with E-state index in [0.29, 0.717) is 5.02 Å². The van der Waals surface area contributed by atoms with Crippen LogP contribution in [0.15, 0.2) is 54.6 Å². The van der Waals surface area contributed by atoms with Gasteiger partial charge in [0.2, 0.25) is 0 Å². The highest BCUT2D eigenvalue weighted by Gasteiger charge is 2.06. The van der Waals surface area contributed by atoms with Crippen molar-refractivity contribution >= 4 is 29.6 Å². The zero-order valence-corrected chi connectivity index (χ0v) is 13.6. The fourth-order valence-electron chi connectivity index (χ4n) is 1.96. The summed E-state index contributed by atoms with van der Waals surface area (Å²) in [5.41, 5.74) is 2.91. The molecule has 0 aromatic heterocycles. The standard InChI is InChI=1S/C17H17ClFN.ClH/c1-20(2)11-10-17(13-6-8-15(18)9-7-13)14-4-3-5-16(19)12-14;/h3-10,12H,11H2,1-2H3;1H/b17-10-;. The molecule has 0 aliphatic rings. The first-order valence-corrected chi connectivity index (χ1v) is 6.81. The van der Waals surface area contributed by atoms with E-state index in [1.807, 2.05) is 44.4 Å². The van der Waals surface area contributed by atoms with E-state index in [2.05, 4.69) is 11.0 Å². The van der Waals surface area contributed by atoms with Crippen molar-refractivity contribution in [3.05, 3.63) is 76.6 Å². The molecule has 0 radical (unpaired) electrons. The van der Waals surface area contributed by atoms with Gasteiger partial charge in [0.25, 0.3) is 0 Å². The molecule has 0 spiro atoms. The first kappa shape index (κ1) is 17.7. The highest BCUT2D eigenvalue weighted by Crippen LogP contribution is 2.25. The van der Waals surface area contributed by atoms with Crippen molar-refractivity contribution in [3.63, 3.8) is 0 Å². The van der Waals surface area contributed by atoms with E-state index < -0.39 is 0 Å². The lowest BCUT2D eigenvalue weighted by Crippen LogP contribution is -2.11. The van der Waals surface area contributed by atoms with Gasteiger partial charge in [-0.15, -0.1) is 12.4 Å². The van der Waals surface area contributed by atoms with Crippen molar-refractivity contribution in [1.29, 1.82) is 0 Å². The summed E-state index contributed by atoms with van der Waals surface area (Å²) in [7, 11) is 4.00. The second-order valence-electron chi connectivity index (χ2n) is 4.90. The fraction of sp³-hybridized carbons (Fsp3) is 0.176. The lowest BCUT2D eigenvalue weighted by atomic mass is 9.97. The van der Waals surface area contributed by atoms with Crippen LogP contribution in [0.25, 0.3) is 5.57 Å². The molecule has 0 bridgehead atoms. The Morgan fingerprint density at radius 1 is 1.10 bits per heavy atom. The highest BCUT2D eigenvalue weighted by atomic mass is 35.5. The maximum atomic E-state index is 13.4. The summed E-state index contributed by atoms with van der Waals surface area (Å²) in [6.45, 7) is 0.786. The van der Waals surface area contributed by atoms with E-state index in [1.54, 1.807) is 12.1 Å². The summed E-state index contributed by atoms with van der Waals surface area (Å²) in [5.74, 6) is -0.229. The average Bonchev–Trinajstić information content (AvgIpc) is 2.41. The number of benzene rings is 2. The quantitative estimate of drug-likeness (QED) is 0.773. The molecule has 0 aliphatic carbocycles. The first-order valence-electron chi connectivity index (χ1n) is 6.43. The third kappa shape index (κ3) is 5.16. The van der Waals surface area contributed by atoms with Gasteiger partial charge in [-0.2, -0.15) is 0 Å². The Labute approximate surface area is 136 Å². The predicted octanol–water partition coefficient (Wildman–Crippen LogP) is 4.89. The molecule has 112 valence electrons. The topological polar surface area (TPSA) is 3.24 Å². The van der Waals surface area contributed by atoms with Crippen LogP contribution < -0.4 is 0 Å². The van der Waals surface area contributed by atoms with Gasteiger partial charge in [0, 0.05) is 11.6 Å². The van der Waals surface area contributed by atoms with Gasteiger partial charge < -0.3 is 4.90 Å². The van der Waals surface area contributed by atoms with Crippen LogP contribution in [0.3, 0.4) is 0 Å². The maximum Gasteiger partial charge on any atom is 0.123 e. The maximum absolute atomic E-state index is 13.4. The molecule has 2 aromatic carbocycles. The molecule has 2 aromatic rings. The van der Waals surface area contributed by atoms with Crippen molar-refractivity contribution in [2.75, 3.05) is 20.6 Å². The second kappa shape index (κ2) is 8.18. The predicted molar refractivity (Wildman–Crippen MR) is 90.7 cm³/mol. The van der Waals surface area contributed by atoms with Crippen LogP contribution in [0.2, 0.25) is 5.02 Å². The number of likely N-dealkylation sites (N-methyl/N-ethyl adjacent to an activating group) is 1. The number of halogens is 3. The SMILES string of the molecule is CN(C)C/C=C(/c1ccc(Cl)cc1)c1cccc(F)c1.Cl. The van der Waals surface area contributed by atoms with E-state index in [1.165, 1.54) is 6.07 Å². The molecular weight excluding hydrogens is 308 g/mol. The van der Waals surface area contributed by atoms with Crippen molar-refractivity contribution < 1.29 is 4.39 Å². The van der Waals surface area contributed by atoms with E-state index in [4.69, 9.17) is 11.6 Å². The summed E-state index contributed by atoms with van der Waals surface area (Å²) >= 11 is 5.93. The van der Waals surface area contributed by atoms with Crippen LogP contribution in [0.5, 0.6) is 0 Å². The lowest BCUT2D eigenvalue weighted by Gasteiger charge is -2.12. The number of nitrogens with zero attached hydrogens (tertiary/aromatic N) is 1. The Kier molecular flexibility index (Phi) is 6.90. The van der Waals surface area contributed by atoms with Crippen molar-refractivity contribution in [1.82, 2.24) is 4.90 Å². The molecule has 0 aliphatic heterocycles. The number of hydrogen-bond acceptors (Lipinski definition) is 1. The van der Waals surface area contributed by atoms with Gasteiger partial charge in [-0.1, -0.05) is 41.9 Å². The molecule has 0 saturated carbocycles. The molecule has 21 heavy (non-hydrogen) atoms. The molecule has 4 heteroatoms. The minimum absolute atomic E-state index is 0. The molecule has 0 saturated heterocycles. The number of hydrogen-bond donors (Lipinski definition) is 0. The van der Waals surface area contributed by atoms with Gasteiger partial charge in [0.05, 0.1) is 0 Å². The van der Waals surface area contributed by atoms with E-state index in [-0.39, 0.29) is 18.2 Å². The van der Waals surface area contributed by atoms with Gasteiger partial charge in [-0.3, -0.25) is 0 Å². The van der Waals surface area contributed by atoms with E-state index in [0.717, 1.165) is 23.2 Å². The van der Waals surface area contributed by atoms with Crippen LogP contribution in [-0.4, -0.2) is 25.5 Å². The summed E-state index contributed by atoms with van der Waals surface area (Å²) in [4.78, 5) is 2.06. The van der Waals surface area contributed by atoms with Crippen molar-refractivity contribution in [2.24, 2.45) is 0 Å². The normalized spacial score (nSPS) is 11.4. The first-order chi connectivity index (χ1) is 9.56. The summed E-state index contributed by atoms with van der Waals surface area (Å²) in [6.07, 6.45) is 2.10. The molecule has 0 N–H and O–H groups in total. The number of rotatable bonds is 4. The van der Waals surface area contributed by atoms with Crippen LogP contribution in [0.4, 0.5) is 4.39 Å². The molecule has 0 atom stereocenters. The fourth-order valence-corrected chi connectivity index (χ4v) is 2.09.